The van der Waals surface area contributed by atoms with Crippen molar-refractivity contribution in [3.8, 4) is 0 Å². The summed E-state index contributed by atoms with van der Waals surface area (Å²) >= 11 is 3.34. The van der Waals surface area contributed by atoms with Crippen LogP contribution in [-0.4, -0.2) is 35.0 Å². The lowest BCUT2D eigenvalue weighted by atomic mass is 10.1. The van der Waals surface area contributed by atoms with Gasteiger partial charge in [0.2, 0.25) is 0 Å². The molecule has 1 unspecified atom stereocenters. The van der Waals surface area contributed by atoms with Crippen molar-refractivity contribution in [1.82, 2.24) is 4.90 Å². The average Bonchev–Trinajstić information content (AvgIpc) is 3.38. The molecule has 1 N–H and O–H groups in total. The molecular weight excluding hydrogens is 370 g/mol. The average molecular weight is 387 g/mol. The van der Waals surface area contributed by atoms with Crippen LogP contribution in [0.5, 0.6) is 0 Å². The number of carboxylic acid groups (broad SMARTS) is 1. The Bertz CT molecular complexity index is 948. The van der Waals surface area contributed by atoms with Gasteiger partial charge in [0.1, 0.15) is 5.58 Å². The highest BCUT2D eigenvalue weighted by Gasteiger charge is 2.34. The number of aliphatic carboxylic acids is 1. The molecule has 3 heterocycles. The zero-order chi connectivity index (χ0) is 18.1. The van der Waals surface area contributed by atoms with Crippen LogP contribution in [0.3, 0.4) is 0 Å². The first-order valence-electron chi connectivity index (χ1n) is 8.32. The number of furan rings is 1. The monoisotopic (exact) mass is 387 g/mol. The smallest absolute Gasteiger partial charge is 0.308 e. The SMILES string of the molecule is O=C(O)C1CCN(C(=O)c2oc3ccccc3c2CSc2cccs2)C1. The number of para-hydroxylation sites is 1. The number of carbonyl (C=O) groups excluding carboxylic acids is 1. The Labute approximate surface area is 158 Å². The predicted octanol–water partition coefficient (Wildman–Crippen LogP) is 4.33. The first-order valence-corrected chi connectivity index (χ1v) is 10.2. The number of carbonyl (C=O) groups is 2. The van der Waals surface area contributed by atoms with Crippen molar-refractivity contribution in [2.75, 3.05) is 13.1 Å². The Morgan fingerprint density at radius 1 is 1.27 bits per heavy atom. The molecule has 7 heteroatoms. The standard InChI is InChI=1S/C19H17NO4S2/c21-18(20-8-7-12(10-20)19(22)23)17-14(11-26-16-6-3-9-25-16)13-4-1-2-5-15(13)24-17/h1-6,9,12H,7-8,10-11H2,(H,22,23). The third kappa shape index (κ3) is 3.24. The summed E-state index contributed by atoms with van der Waals surface area (Å²) < 4.78 is 7.07. The highest BCUT2D eigenvalue weighted by atomic mass is 32.2. The van der Waals surface area contributed by atoms with Gasteiger partial charge < -0.3 is 14.4 Å². The predicted molar refractivity (Wildman–Crippen MR) is 102 cm³/mol. The third-order valence-electron chi connectivity index (χ3n) is 4.57. The molecule has 1 aliphatic rings. The summed E-state index contributed by atoms with van der Waals surface area (Å²) in [6.45, 7) is 0.688. The van der Waals surface area contributed by atoms with E-state index in [-0.39, 0.29) is 12.5 Å². The van der Waals surface area contributed by atoms with E-state index in [0.29, 0.717) is 30.1 Å². The number of thioether (sulfide) groups is 1. The largest absolute Gasteiger partial charge is 0.481 e. The van der Waals surface area contributed by atoms with Crippen LogP contribution >= 0.6 is 23.1 Å². The van der Waals surface area contributed by atoms with Crippen molar-refractivity contribution in [2.45, 2.75) is 16.4 Å². The van der Waals surface area contributed by atoms with Gasteiger partial charge in [0.05, 0.1) is 10.1 Å². The van der Waals surface area contributed by atoms with Crippen molar-refractivity contribution in [3.05, 3.63) is 53.1 Å². The number of benzene rings is 1. The molecule has 1 atom stereocenters. The lowest BCUT2D eigenvalue weighted by molar-refractivity contribution is -0.141. The van der Waals surface area contributed by atoms with Crippen molar-refractivity contribution >= 4 is 45.9 Å². The topological polar surface area (TPSA) is 70.8 Å². The molecular formula is C19H17NO4S2. The Balaban J connectivity index is 1.64. The van der Waals surface area contributed by atoms with Crippen molar-refractivity contribution in [2.24, 2.45) is 5.92 Å². The minimum absolute atomic E-state index is 0.216. The number of rotatable bonds is 5. The van der Waals surface area contributed by atoms with Crippen LogP contribution in [0.1, 0.15) is 22.5 Å². The molecule has 3 aromatic rings. The summed E-state index contributed by atoms with van der Waals surface area (Å²) in [6, 6.07) is 11.7. The highest BCUT2D eigenvalue weighted by molar-refractivity contribution is 8.00. The lowest BCUT2D eigenvalue weighted by Gasteiger charge is -2.15. The minimum atomic E-state index is -0.849. The van der Waals surface area contributed by atoms with Crippen LogP contribution in [0, 0.1) is 5.92 Å². The van der Waals surface area contributed by atoms with Gasteiger partial charge in [-0.15, -0.1) is 23.1 Å². The van der Waals surface area contributed by atoms with Crippen LogP contribution in [0.25, 0.3) is 11.0 Å². The van der Waals surface area contributed by atoms with Crippen molar-refractivity contribution in [3.63, 3.8) is 0 Å². The molecule has 26 heavy (non-hydrogen) atoms. The number of hydrogen-bond donors (Lipinski definition) is 1. The molecule has 134 valence electrons. The van der Waals surface area contributed by atoms with Gasteiger partial charge in [-0.2, -0.15) is 0 Å². The van der Waals surface area contributed by atoms with Gasteiger partial charge >= 0.3 is 5.97 Å². The van der Waals surface area contributed by atoms with Crippen LogP contribution in [-0.2, 0) is 10.5 Å². The molecule has 5 nitrogen and oxygen atoms in total. The fourth-order valence-corrected chi connectivity index (χ4v) is 5.01. The number of thiophene rings is 1. The number of fused-ring (bicyclic) bond motifs is 1. The molecule has 1 fully saturated rings. The zero-order valence-corrected chi connectivity index (χ0v) is 15.5. The van der Waals surface area contributed by atoms with E-state index in [1.807, 2.05) is 35.7 Å². The quantitative estimate of drug-likeness (QED) is 0.660. The molecule has 0 radical (unpaired) electrons. The van der Waals surface area contributed by atoms with Gasteiger partial charge in [-0.05, 0) is 23.9 Å². The number of carboxylic acids is 1. The Morgan fingerprint density at radius 2 is 2.12 bits per heavy atom. The summed E-state index contributed by atoms with van der Waals surface area (Å²) in [4.78, 5) is 25.8. The second-order valence-electron chi connectivity index (χ2n) is 6.20. The zero-order valence-electron chi connectivity index (χ0n) is 13.9. The fourth-order valence-electron chi connectivity index (χ4n) is 3.19. The number of nitrogens with zero attached hydrogens (tertiary/aromatic N) is 1. The van der Waals surface area contributed by atoms with Gasteiger partial charge in [0.25, 0.3) is 5.91 Å². The molecule has 1 aromatic carbocycles. The van der Waals surface area contributed by atoms with Crippen LogP contribution in [0.2, 0.25) is 0 Å². The summed E-state index contributed by atoms with van der Waals surface area (Å²) in [5.41, 5.74) is 1.56. The highest BCUT2D eigenvalue weighted by Crippen LogP contribution is 2.34. The van der Waals surface area contributed by atoms with E-state index in [1.165, 1.54) is 4.21 Å². The molecule has 0 spiro atoms. The molecule has 0 saturated carbocycles. The first-order chi connectivity index (χ1) is 12.6. The minimum Gasteiger partial charge on any atom is -0.481 e. The molecule has 1 saturated heterocycles. The van der Waals surface area contributed by atoms with E-state index in [1.54, 1.807) is 28.0 Å². The summed E-state index contributed by atoms with van der Waals surface area (Å²) in [7, 11) is 0. The van der Waals surface area contributed by atoms with Gasteiger partial charge in [0, 0.05) is 29.8 Å². The van der Waals surface area contributed by atoms with E-state index >= 15 is 0 Å². The van der Waals surface area contributed by atoms with E-state index in [2.05, 4.69) is 6.07 Å². The number of hydrogen-bond acceptors (Lipinski definition) is 5. The van der Waals surface area contributed by atoms with Crippen LogP contribution < -0.4 is 0 Å². The summed E-state index contributed by atoms with van der Waals surface area (Å²) in [6.07, 6.45) is 0.487. The third-order valence-corrected chi connectivity index (χ3v) is 6.73. The second kappa shape index (κ2) is 7.17. The lowest BCUT2D eigenvalue weighted by Crippen LogP contribution is -2.30. The first kappa shape index (κ1) is 17.2. The van der Waals surface area contributed by atoms with Gasteiger partial charge in [-0.25, -0.2) is 0 Å². The second-order valence-corrected chi connectivity index (χ2v) is 8.42. The normalized spacial score (nSPS) is 17.1. The maximum absolute atomic E-state index is 13.0. The van der Waals surface area contributed by atoms with Crippen molar-refractivity contribution in [1.29, 1.82) is 0 Å². The molecule has 2 aromatic heterocycles. The molecule has 1 amide bonds. The molecule has 0 aliphatic carbocycles. The van der Waals surface area contributed by atoms with Crippen molar-refractivity contribution < 1.29 is 19.1 Å². The van der Waals surface area contributed by atoms with Gasteiger partial charge in [-0.3, -0.25) is 9.59 Å². The summed E-state index contributed by atoms with van der Waals surface area (Å²) in [5, 5.41) is 12.1. The van der Waals surface area contributed by atoms with Gasteiger partial charge in [0.15, 0.2) is 5.76 Å². The van der Waals surface area contributed by atoms with E-state index in [4.69, 9.17) is 4.42 Å². The van der Waals surface area contributed by atoms with E-state index < -0.39 is 11.9 Å². The van der Waals surface area contributed by atoms with E-state index in [9.17, 15) is 14.7 Å². The maximum atomic E-state index is 13.0. The van der Waals surface area contributed by atoms with Gasteiger partial charge in [-0.1, -0.05) is 24.3 Å². The van der Waals surface area contributed by atoms with Crippen LogP contribution in [0.15, 0.2) is 50.4 Å². The number of amides is 1. The molecule has 1 aliphatic heterocycles. The Hall–Kier alpha value is -2.25. The molecule has 4 rings (SSSR count). The molecule has 0 bridgehead atoms. The summed E-state index contributed by atoms with van der Waals surface area (Å²) in [5.74, 6) is -0.590. The Morgan fingerprint density at radius 3 is 2.85 bits per heavy atom. The van der Waals surface area contributed by atoms with E-state index in [0.717, 1.165) is 10.9 Å². The fraction of sp³-hybridized carbons (Fsp3) is 0.263. The maximum Gasteiger partial charge on any atom is 0.308 e. The Kier molecular flexibility index (Phi) is 4.74. The van der Waals surface area contributed by atoms with Crippen LogP contribution in [0.4, 0.5) is 0 Å². The number of likely N-dealkylation sites (tertiary alicyclic amines) is 1.